The molecule has 2 rings (SSSR count). The second-order valence-electron chi connectivity index (χ2n) is 5.30. The van der Waals surface area contributed by atoms with Crippen LogP contribution in [0.5, 0.6) is 0 Å². The van der Waals surface area contributed by atoms with Gasteiger partial charge >= 0.3 is 0 Å². The first-order valence-electron chi connectivity index (χ1n) is 7.12. The normalized spacial score (nSPS) is 16.1. The van der Waals surface area contributed by atoms with Crippen molar-refractivity contribution in [1.82, 2.24) is 15.2 Å². The molecule has 1 amide bonds. The molecular weight excluding hydrogens is 238 g/mol. The molecule has 1 saturated carbocycles. The molecule has 1 N–H and O–H groups in total. The number of amides is 1. The van der Waals surface area contributed by atoms with E-state index in [0.717, 1.165) is 24.8 Å². The number of nitrogens with one attached hydrogen (secondary N) is 1. The van der Waals surface area contributed by atoms with Crippen LogP contribution >= 0.6 is 0 Å². The highest BCUT2D eigenvalue weighted by atomic mass is 16.2. The summed E-state index contributed by atoms with van der Waals surface area (Å²) in [6.07, 6.45) is 6.88. The number of carbonyl (C=O) groups excluding carboxylic acids is 1. The number of nitrogens with zero attached hydrogens (tertiary/aromatic N) is 2. The number of hydrogen-bond donors (Lipinski definition) is 1. The van der Waals surface area contributed by atoms with Crippen molar-refractivity contribution in [3.63, 3.8) is 0 Å². The van der Waals surface area contributed by atoms with Crippen LogP contribution in [-0.4, -0.2) is 34.4 Å². The Morgan fingerprint density at radius 2 is 2.16 bits per heavy atom. The van der Waals surface area contributed by atoms with Crippen molar-refractivity contribution < 1.29 is 4.79 Å². The lowest BCUT2D eigenvalue weighted by Crippen LogP contribution is -2.41. The monoisotopic (exact) mass is 261 g/mol. The van der Waals surface area contributed by atoms with E-state index in [1.807, 2.05) is 17.0 Å². The SMILES string of the molecule is CCC(C)NCC(=O)N(Cc1ccncc1)C1CC1. The van der Waals surface area contributed by atoms with Gasteiger partial charge in [-0.05, 0) is 43.9 Å². The fourth-order valence-corrected chi connectivity index (χ4v) is 2.00. The molecule has 1 atom stereocenters. The minimum atomic E-state index is 0.208. The van der Waals surface area contributed by atoms with E-state index in [1.54, 1.807) is 12.4 Å². The molecule has 1 heterocycles. The first kappa shape index (κ1) is 14.0. The molecule has 1 aliphatic carbocycles. The van der Waals surface area contributed by atoms with Crippen LogP contribution in [0.4, 0.5) is 0 Å². The van der Waals surface area contributed by atoms with Crippen LogP contribution in [0.3, 0.4) is 0 Å². The van der Waals surface area contributed by atoms with Gasteiger partial charge in [0, 0.05) is 31.0 Å². The Morgan fingerprint density at radius 1 is 1.47 bits per heavy atom. The smallest absolute Gasteiger partial charge is 0.237 e. The van der Waals surface area contributed by atoms with E-state index in [9.17, 15) is 4.79 Å². The molecular formula is C15H23N3O. The maximum absolute atomic E-state index is 12.3. The average molecular weight is 261 g/mol. The predicted octanol–water partition coefficient (Wildman–Crippen LogP) is 1.96. The molecule has 1 aromatic rings. The molecule has 1 unspecified atom stereocenters. The topological polar surface area (TPSA) is 45.2 Å². The molecule has 0 saturated heterocycles. The molecule has 4 nitrogen and oxygen atoms in total. The van der Waals surface area contributed by atoms with Crippen molar-refractivity contribution in [2.45, 2.75) is 51.7 Å². The maximum Gasteiger partial charge on any atom is 0.237 e. The van der Waals surface area contributed by atoms with Crippen molar-refractivity contribution >= 4 is 5.91 Å². The number of hydrogen-bond acceptors (Lipinski definition) is 3. The molecule has 0 bridgehead atoms. The van der Waals surface area contributed by atoms with Crippen LogP contribution in [-0.2, 0) is 11.3 Å². The lowest BCUT2D eigenvalue weighted by atomic mass is 10.2. The fraction of sp³-hybridized carbons (Fsp3) is 0.600. The molecule has 19 heavy (non-hydrogen) atoms. The third kappa shape index (κ3) is 4.31. The van der Waals surface area contributed by atoms with Gasteiger partial charge < -0.3 is 10.2 Å². The van der Waals surface area contributed by atoms with Gasteiger partial charge in [-0.2, -0.15) is 0 Å². The van der Waals surface area contributed by atoms with Gasteiger partial charge in [0.05, 0.1) is 6.54 Å². The van der Waals surface area contributed by atoms with Crippen LogP contribution in [0.15, 0.2) is 24.5 Å². The molecule has 0 aromatic carbocycles. The van der Waals surface area contributed by atoms with E-state index in [1.165, 1.54) is 0 Å². The van der Waals surface area contributed by atoms with Gasteiger partial charge in [0.2, 0.25) is 5.91 Å². The molecule has 0 aliphatic heterocycles. The zero-order valence-corrected chi connectivity index (χ0v) is 11.8. The third-order valence-electron chi connectivity index (χ3n) is 3.62. The van der Waals surface area contributed by atoms with E-state index >= 15 is 0 Å². The molecule has 104 valence electrons. The summed E-state index contributed by atoms with van der Waals surface area (Å²) < 4.78 is 0. The number of carbonyl (C=O) groups is 1. The summed E-state index contributed by atoms with van der Waals surface area (Å²) in [6.45, 7) is 5.38. The van der Waals surface area contributed by atoms with Gasteiger partial charge in [0.15, 0.2) is 0 Å². The minimum absolute atomic E-state index is 0.208. The summed E-state index contributed by atoms with van der Waals surface area (Å²) in [7, 11) is 0. The van der Waals surface area contributed by atoms with E-state index in [-0.39, 0.29) is 5.91 Å². The van der Waals surface area contributed by atoms with Gasteiger partial charge in [-0.3, -0.25) is 9.78 Å². The lowest BCUT2D eigenvalue weighted by Gasteiger charge is -2.23. The molecule has 1 fully saturated rings. The minimum Gasteiger partial charge on any atom is -0.334 e. The summed E-state index contributed by atoms with van der Waals surface area (Å²) in [5.41, 5.74) is 1.15. The number of rotatable bonds is 7. The molecule has 4 heteroatoms. The van der Waals surface area contributed by atoms with Crippen LogP contribution < -0.4 is 5.32 Å². The van der Waals surface area contributed by atoms with Crippen molar-refractivity contribution in [3.8, 4) is 0 Å². The summed E-state index contributed by atoms with van der Waals surface area (Å²) >= 11 is 0. The first-order valence-corrected chi connectivity index (χ1v) is 7.12. The summed E-state index contributed by atoms with van der Waals surface area (Å²) in [5.74, 6) is 0.208. The second-order valence-corrected chi connectivity index (χ2v) is 5.30. The predicted molar refractivity (Wildman–Crippen MR) is 75.6 cm³/mol. The fourth-order valence-electron chi connectivity index (χ4n) is 2.00. The Labute approximate surface area is 115 Å². The molecule has 0 spiro atoms. The second kappa shape index (κ2) is 6.66. The Bertz CT molecular complexity index is 403. The van der Waals surface area contributed by atoms with Crippen molar-refractivity contribution in [1.29, 1.82) is 0 Å². The highest BCUT2D eigenvalue weighted by molar-refractivity contribution is 5.79. The Hall–Kier alpha value is -1.42. The van der Waals surface area contributed by atoms with Gasteiger partial charge in [-0.1, -0.05) is 6.92 Å². The summed E-state index contributed by atoms with van der Waals surface area (Å²) in [6, 6.07) is 4.79. The van der Waals surface area contributed by atoms with Gasteiger partial charge in [-0.25, -0.2) is 0 Å². The van der Waals surface area contributed by atoms with Crippen LogP contribution in [0, 0.1) is 0 Å². The van der Waals surface area contributed by atoms with Crippen LogP contribution in [0.2, 0.25) is 0 Å². The summed E-state index contributed by atoms with van der Waals surface area (Å²) in [5, 5.41) is 3.28. The number of pyridine rings is 1. The quantitative estimate of drug-likeness (QED) is 0.816. The van der Waals surface area contributed by atoms with Gasteiger partial charge in [-0.15, -0.1) is 0 Å². The maximum atomic E-state index is 12.3. The van der Waals surface area contributed by atoms with E-state index < -0.39 is 0 Å². The van der Waals surface area contributed by atoms with E-state index in [4.69, 9.17) is 0 Å². The van der Waals surface area contributed by atoms with Crippen LogP contribution in [0.1, 0.15) is 38.7 Å². The zero-order valence-electron chi connectivity index (χ0n) is 11.8. The Morgan fingerprint density at radius 3 is 2.74 bits per heavy atom. The summed E-state index contributed by atoms with van der Waals surface area (Å²) in [4.78, 5) is 18.3. The third-order valence-corrected chi connectivity index (χ3v) is 3.62. The molecule has 1 aliphatic rings. The van der Waals surface area contributed by atoms with E-state index in [2.05, 4.69) is 24.1 Å². The van der Waals surface area contributed by atoms with Gasteiger partial charge in [0.25, 0.3) is 0 Å². The zero-order chi connectivity index (χ0) is 13.7. The number of aromatic nitrogens is 1. The van der Waals surface area contributed by atoms with E-state index in [0.29, 0.717) is 25.2 Å². The van der Waals surface area contributed by atoms with Crippen molar-refractivity contribution in [2.24, 2.45) is 0 Å². The largest absolute Gasteiger partial charge is 0.334 e. The lowest BCUT2D eigenvalue weighted by molar-refractivity contribution is -0.131. The molecule has 1 aromatic heterocycles. The van der Waals surface area contributed by atoms with Crippen LogP contribution in [0.25, 0.3) is 0 Å². The van der Waals surface area contributed by atoms with Crippen molar-refractivity contribution in [2.75, 3.05) is 6.54 Å². The first-order chi connectivity index (χ1) is 9.20. The Kier molecular flexibility index (Phi) is 4.91. The Balaban J connectivity index is 1.90. The van der Waals surface area contributed by atoms with Gasteiger partial charge in [0.1, 0.15) is 0 Å². The standard InChI is InChI=1S/C15H23N3O/c1-3-12(2)17-10-15(19)18(14-4-5-14)11-13-6-8-16-9-7-13/h6-9,12,14,17H,3-5,10-11H2,1-2H3. The average Bonchev–Trinajstić information content (AvgIpc) is 3.27. The molecule has 0 radical (unpaired) electrons. The highest BCUT2D eigenvalue weighted by Gasteiger charge is 2.32. The highest BCUT2D eigenvalue weighted by Crippen LogP contribution is 2.28. The van der Waals surface area contributed by atoms with Crippen molar-refractivity contribution in [3.05, 3.63) is 30.1 Å².